The highest BCUT2D eigenvalue weighted by Crippen LogP contribution is 1.91. The molecular weight excluding hydrogens is 142 g/mol. The van der Waals surface area contributed by atoms with Crippen LogP contribution in [0.2, 0.25) is 0 Å². The zero-order valence-corrected chi connectivity index (χ0v) is 5.10. The maximum absolute atomic E-state index is 9.45. The summed E-state index contributed by atoms with van der Waals surface area (Å²) in [5, 5.41) is 4.18. The van der Waals surface area contributed by atoms with Gasteiger partial charge in [-0.25, -0.2) is 0 Å². The van der Waals surface area contributed by atoms with Crippen LogP contribution in [-0.2, 0) is 9.68 Å². The zero-order valence-electron chi connectivity index (χ0n) is 5.10. The molecule has 0 spiro atoms. The predicted octanol–water partition coefficient (Wildman–Crippen LogP) is -0.290. The van der Waals surface area contributed by atoms with Crippen molar-refractivity contribution in [3.8, 4) is 0 Å². The number of rotatable bonds is 6. The van der Waals surface area contributed by atoms with Gasteiger partial charge in [0.15, 0.2) is 23.4 Å². The van der Waals surface area contributed by atoms with Crippen molar-refractivity contribution >= 4 is 0 Å². The van der Waals surface area contributed by atoms with Crippen molar-refractivity contribution in [1.82, 2.24) is 0 Å². The van der Waals surface area contributed by atoms with E-state index < -0.39 is 6.10 Å². The quantitative estimate of drug-likeness (QED) is 0.412. The van der Waals surface area contributed by atoms with Gasteiger partial charge >= 0.3 is 0 Å². The van der Waals surface area contributed by atoms with E-state index in [4.69, 9.17) is 5.73 Å². The molecule has 10 heavy (non-hydrogen) atoms. The van der Waals surface area contributed by atoms with Gasteiger partial charge in [-0.3, -0.25) is 0 Å². The molecule has 1 atom stereocenters. The SMILES string of the molecule is NC[C@H](CON=O)ON=O. The molecule has 0 aliphatic heterocycles. The molecule has 0 aliphatic carbocycles. The molecule has 7 nitrogen and oxygen atoms in total. The third-order valence-electron chi connectivity index (χ3n) is 0.768. The summed E-state index contributed by atoms with van der Waals surface area (Å²) in [7, 11) is 0. The lowest BCUT2D eigenvalue weighted by atomic mass is 10.4. The van der Waals surface area contributed by atoms with Gasteiger partial charge in [-0.15, -0.1) is 9.81 Å². The van der Waals surface area contributed by atoms with Gasteiger partial charge in [0.25, 0.3) is 0 Å². The Balaban J connectivity index is 3.38. The van der Waals surface area contributed by atoms with Crippen LogP contribution in [-0.4, -0.2) is 19.3 Å². The Morgan fingerprint density at radius 3 is 2.50 bits per heavy atom. The fourth-order valence-electron chi connectivity index (χ4n) is 0.316. The minimum absolute atomic E-state index is 0.0429. The Morgan fingerprint density at radius 1 is 1.40 bits per heavy atom. The summed E-state index contributed by atoms with van der Waals surface area (Å²) in [5.41, 5.74) is 5.05. The average molecular weight is 149 g/mol. The van der Waals surface area contributed by atoms with Crippen molar-refractivity contribution in [2.75, 3.05) is 13.2 Å². The van der Waals surface area contributed by atoms with Gasteiger partial charge in [-0.2, -0.15) is 0 Å². The molecule has 0 saturated heterocycles. The largest absolute Gasteiger partial charge is 0.360 e. The maximum atomic E-state index is 9.45. The molecule has 0 aromatic rings. The highest BCUT2D eigenvalue weighted by atomic mass is 16.8. The van der Waals surface area contributed by atoms with Gasteiger partial charge in [-0.05, 0) is 0 Å². The molecule has 2 N–H and O–H groups in total. The van der Waals surface area contributed by atoms with Crippen molar-refractivity contribution in [2.45, 2.75) is 6.10 Å². The van der Waals surface area contributed by atoms with E-state index in [1.807, 2.05) is 0 Å². The molecule has 0 aliphatic rings. The van der Waals surface area contributed by atoms with E-state index in [1.54, 1.807) is 0 Å². The molecule has 0 rings (SSSR count). The second-order valence-electron chi connectivity index (χ2n) is 1.41. The lowest BCUT2D eigenvalue weighted by molar-refractivity contribution is -0.0112. The number of hydrogen-bond donors (Lipinski definition) is 1. The molecule has 0 amide bonds. The summed E-state index contributed by atoms with van der Waals surface area (Å²) >= 11 is 0. The normalized spacial score (nSPS) is 11.7. The van der Waals surface area contributed by atoms with Crippen LogP contribution in [0.5, 0.6) is 0 Å². The Morgan fingerprint density at radius 2 is 2.10 bits per heavy atom. The van der Waals surface area contributed by atoms with Crippen LogP contribution in [0.15, 0.2) is 10.7 Å². The molecule has 0 aromatic heterocycles. The minimum Gasteiger partial charge on any atom is -0.360 e. The number of hydrogen-bond acceptors (Lipinski definition) is 7. The second-order valence-corrected chi connectivity index (χ2v) is 1.41. The monoisotopic (exact) mass is 149 g/mol. The van der Waals surface area contributed by atoms with E-state index in [1.165, 1.54) is 0 Å². The molecular formula is C3H7N3O4. The van der Waals surface area contributed by atoms with Gasteiger partial charge in [0, 0.05) is 6.54 Å². The van der Waals surface area contributed by atoms with Crippen molar-refractivity contribution in [3.05, 3.63) is 9.81 Å². The topological polar surface area (TPSA) is 103 Å². The highest BCUT2D eigenvalue weighted by molar-refractivity contribution is 4.53. The van der Waals surface area contributed by atoms with Crippen LogP contribution in [0.3, 0.4) is 0 Å². The lowest BCUT2D eigenvalue weighted by Crippen LogP contribution is -2.26. The maximum Gasteiger partial charge on any atom is 0.179 e. The van der Waals surface area contributed by atoms with Gasteiger partial charge in [0.1, 0.15) is 0 Å². The summed E-state index contributed by atoms with van der Waals surface area (Å²) in [5.74, 6) is 0. The van der Waals surface area contributed by atoms with Crippen LogP contribution >= 0.6 is 0 Å². The van der Waals surface area contributed by atoms with Gasteiger partial charge < -0.3 is 15.4 Å². The zero-order chi connectivity index (χ0) is 7.82. The van der Waals surface area contributed by atoms with Gasteiger partial charge in [0.2, 0.25) is 0 Å². The first kappa shape index (κ1) is 8.76. The summed E-state index contributed by atoms with van der Waals surface area (Å²) in [6.45, 7) is -0.118. The van der Waals surface area contributed by atoms with Crippen LogP contribution < -0.4 is 5.73 Å². The minimum atomic E-state index is -0.699. The highest BCUT2D eigenvalue weighted by Gasteiger charge is 2.08. The predicted molar refractivity (Wildman–Crippen MR) is 31.5 cm³/mol. The van der Waals surface area contributed by atoms with E-state index in [0.29, 0.717) is 0 Å². The summed E-state index contributed by atoms with van der Waals surface area (Å²) in [4.78, 5) is 26.9. The van der Waals surface area contributed by atoms with Crippen molar-refractivity contribution in [1.29, 1.82) is 0 Å². The first-order chi connectivity index (χ1) is 4.85. The fraction of sp³-hybridized carbons (Fsp3) is 1.00. The Labute approximate surface area is 56.3 Å². The van der Waals surface area contributed by atoms with Crippen molar-refractivity contribution in [3.63, 3.8) is 0 Å². The number of nitrogens with zero attached hydrogens (tertiary/aromatic N) is 2. The van der Waals surface area contributed by atoms with Crippen LogP contribution in [0, 0.1) is 9.81 Å². The first-order valence-electron chi connectivity index (χ1n) is 2.48. The van der Waals surface area contributed by atoms with Gasteiger partial charge in [-0.1, -0.05) is 0 Å². The van der Waals surface area contributed by atoms with E-state index >= 15 is 0 Å². The molecule has 0 aromatic carbocycles. The Bertz CT molecular complexity index is 108. The van der Waals surface area contributed by atoms with E-state index in [2.05, 4.69) is 20.4 Å². The lowest BCUT2D eigenvalue weighted by Gasteiger charge is -2.05. The molecule has 0 saturated carbocycles. The molecule has 0 radical (unpaired) electrons. The van der Waals surface area contributed by atoms with Crippen LogP contribution in [0.4, 0.5) is 0 Å². The summed E-state index contributed by atoms with van der Waals surface area (Å²) in [6.07, 6.45) is -0.699. The molecule has 7 heteroatoms. The average Bonchev–Trinajstić information content (AvgIpc) is 1.98. The van der Waals surface area contributed by atoms with E-state index in [9.17, 15) is 9.81 Å². The van der Waals surface area contributed by atoms with Crippen LogP contribution in [0.1, 0.15) is 0 Å². The first-order valence-corrected chi connectivity index (χ1v) is 2.48. The van der Waals surface area contributed by atoms with Gasteiger partial charge in [0.05, 0.1) is 0 Å². The standard InChI is InChI=1S/C3H7N3O4/c4-1-3(10-6-8)2-9-5-7/h3H,1-2,4H2/t3-/m1/s1. The smallest absolute Gasteiger partial charge is 0.179 e. The Kier molecular flexibility index (Phi) is 5.16. The molecule has 0 fully saturated rings. The third kappa shape index (κ3) is 3.72. The van der Waals surface area contributed by atoms with Crippen molar-refractivity contribution in [2.24, 2.45) is 16.4 Å². The number of nitrogens with two attached hydrogens (primary N) is 1. The molecule has 0 unspecified atom stereocenters. The third-order valence-corrected chi connectivity index (χ3v) is 0.768. The molecule has 0 bridgehead atoms. The van der Waals surface area contributed by atoms with Crippen LogP contribution in [0.25, 0.3) is 0 Å². The van der Waals surface area contributed by atoms with Crippen molar-refractivity contribution < 1.29 is 9.68 Å². The second kappa shape index (κ2) is 5.89. The molecule has 58 valence electrons. The Hall–Kier alpha value is -1.24. The van der Waals surface area contributed by atoms with E-state index in [-0.39, 0.29) is 13.2 Å². The summed E-state index contributed by atoms with van der Waals surface area (Å²) < 4.78 is 0. The summed E-state index contributed by atoms with van der Waals surface area (Å²) in [6, 6.07) is 0. The van der Waals surface area contributed by atoms with E-state index in [0.717, 1.165) is 0 Å². The fourth-order valence-corrected chi connectivity index (χ4v) is 0.316. The molecule has 0 heterocycles.